The smallest absolute Gasteiger partial charge is 0.282 e. The number of amides is 1. The lowest BCUT2D eigenvalue weighted by atomic mass is 10.2. The van der Waals surface area contributed by atoms with Crippen molar-refractivity contribution in [1.29, 1.82) is 0 Å². The van der Waals surface area contributed by atoms with Crippen LogP contribution < -0.4 is 5.56 Å². The molecule has 3 rings (SSSR count). The topological polar surface area (TPSA) is 107 Å². The molecule has 3 heterocycles. The number of fused-ring (bicyclic) bond motifs is 1. The Labute approximate surface area is 180 Å². The molecule has 166 valence electrons. The summed E-state index contributed by atoms with van der Waals surface area (Å²) in [5.74, 6) is 0.445. The van der Waals surface area contributed by atoms with Gasteiger partial charge in [-0.3, -0.25) is 9.59 Å². The summed E-state index contributed by atoms with van der Waals surface area (Å²) in [5.41, 5.74) is 0.781. The summed E-state index contributed by atoms with van der Waals surface area (Å²) in [4.78, 5) is 35.7. The fourth-order valence-electron chi connectivity index (χ4n) is 3.68. The van der Waals surface area contributed by atoms with Crippen molar-refractivity contribution in [2.45, 2.75) is 40.5 Å². The zero-order valence-electron chi connectivity index (χ0n) is 17.9. The zero-order valence-corrected chi connectivity index (χ0v) is 19.5. The highest BCUT2D eigenvalue weighted by Crippen LogP contribution is 2.25. The molecule has 0 atom stereocenters. The molecule has 0 saturated carbocycles. The van der Waals surface area contributed by atoms with E-state index in [2.05, 4.69) is 9.97 Å². The molecule has 30 heavy (non-hydrogen) atoms. The van der Waals surface area contributed by atoms with E-state index in [0.29, 0.717) is 61.7 Å². The van der Waals surface area contributed by atoms with Gasteiger partial charge in [-0.2, -0.15) is 17.0 Å². The van der Waals surface area contributed by atoms with Gasteiger partial charge < -0.3 is 9.88 Å². The summed E-state index contributed by atoms with van der Waals surface area (Å²) >= 11 is 1.48. The van der Waals surface area contributed by atoms with Crippen LogP contribution in [0, 0.1) is 13.8 Å². The second kappa shape index (κ2) is 9.13. The summed E-state index contributed by atoms with van der Waals surface area (Å²) in [7, 11) is -3.48. The van der Waals surface area contributed by atoms with Gasteiger partial charge in [-0.25, -0.2) is 4.98 Å². The third-order valence-electron chi connectivity index (χ3n) is 5.61. The Morgan fingerprint density at radius 2 is 1.80 bits per heavy atom. The molecule has 11 heteroatoms. The Bertz CT molecular complexity index is 1080. The quantitative estimate of drug-likeness (QED) is 0.677. The maximum absolute atomic E-state index is 12.6. The van der Waals surface area contributed by atoms with Crippen molar-refractivity contribution in [3.05, 3.63) is 26.6 Å². The maximum Gasteiger partial charge on any atom is 0.282 e. The molecule has 9 nitrogen and oxygen atoms in total. The summed E-state index contributed by atoms with van der Waals surface area (Å²) in [6.07, 6.45) is 0.568. The molecule has 1 fully saturated rings. The van der Waals surface area contributed by atoms with Crippen LogP contribution in [0.5, 0.6) is 0 Å². The average molecular weight is 456 g/mol. The standard InChI is InChI=1S/C19H29N5O4S2/c1-5-23(6-2)30(27,28)24-11-9-22(10-12-24)16(25)8-7-15-20-18(26)17-13(3)14(4)29-19(17)21-15/h5-12H2,1-4H3,(H,20,21,26). The number of nitrogens with one attached hydrogen (secondary N) is 1. The number of hydrogen-bond donors (Lipinski definition) is 1. The van der Waals surface area contributed by atoms with E-state index in [0.717, 1.165) is 10.4 Å². The van der Waals surface area contributed by atoms with Gasteiger partial charge in [0.25, 0.3) is 15.8 Å². The Hall–Kier alpha value is -1.82. The van der Waals surface area contributed by atoms with Gasteiger partial charge in [-0.15, -0.1) is 11.3 Å². The number of aromatic amines is 1. The number of thiophene rings is 1. The third kappa shape index (κ3) is 4.43. The molecule has 0 unspecified atom stereocenters. The van der Waals surface area contributed by atoms with E-state index >= 15 is 0 Å². The lowest BCUT2D eigenvalue weighted by Crippen LogP contribution is -2.54. The number of nitrogens with zero attached hydrogens (tertiary/aromatic N) is 4. The van der Waals surface area contributed by atoms with Crippen LogP contribution in [0.15, 0.2) is 4.79 Å². The van der Waals surface area contributed by atoms with Crippen LogP contribution in [-0.4, -0.2) is 77.1 Å². The SMILES string of the molecule is CCN(CC)S(=O)(=O)N1CCN(C(=O)CCc2nc3sc(C)c(C)c3c(=O)[nH]2)CC1. The molecule has 0 aliphatic carbocycles. The van der Waals surface area contributed by atoms with Crippen LogP contribution in [0.2, 0.25) is 0 Å². The number of aryl methyl sites for hydroxylation is 3. The first-order valence-electron chi connectivity index (χ1n) is 10.2. The van der Waals surface area contributed by atoms with E-state index < -0.39 is 10.2 Å². The molecular weight excluding hydrogens is 426 g/mol. The van der Waals surface area contributed by atoms with E-state index in [1.165, 1.54) is 19.9 Å². The van der Waals surface area contributed by atoms with Gasteiger partial charge in [-0.1, -0.05) is 13.8 Å². The van der Waals surface area contributed by atoms with Crippen molar-refractivity contribution in [2.75, 3.05) is 39.3 Å². The third-order valence-corrected chi connectivity index (χ3v) is 8.90. The minimum absolute atomic E-state index is 0.0591. The predicted molar refractivity (Wildman–Crippen MR) is 118 cm³/mol. The van der Waals surface area contributed by atoms with Crippen LogP contribution in [0.25, 0.3) is 10.2 Å². The van der Waals surface area contributed by atoms with Gasteiger partial charge in [-0.05, 0) is 19.4 Å². The number of rotatable bonds is 7. The fraction of sp³-hybridized carbons (Fsp3) is 0.632. The minimum atomic E-state index is -3.48. The summed E-state index contributed by atoms with van der Waals surface area (Å²) < 4.78 is 28.1. The first-order valence-corrected chi connectivity index (χ1v) is 12.4. The number of hydrogen-bond acceptors (Lipinski definition) is 6. The molecule has 2 aromatic rings. The minimum Gasteiger partial charge on any atom is -0.340 e. The highest BCUT2D eigenvalue weighted by atomic mass is 32.2. The number of carbonyl (C=O) groups is 1. The van der Waals surface area contributed by atoms with Crippen LogP contribution in [0.1, 0.15) is 36.5 Å². The molecule has 0 aromatic carbocycles. The Morgan fingerprint density at radius 1 is 1.17 bits per heavy atom. The van der Waals surface area contributed by atoms with E-state index in [1.807, 2.05) is 27.7 Å². The van der Waals surface area contributed by atoms with Crippen LogP contribution in [0.4, 0.5) is 0 Å². The highest BCUT2D eigenvalue weighted by molar-refractivity contribution is 7.86. The molecule has 1 N–H and O–H groups in total. The fourth-order valence-corrected chi connectivity index (χ4v) is 6.34. The number of aromatic nitrogens is 2. The number of carbonyl (C=O) groups excluding carboxylic acids is 1. The summed E-state index contributed by atoms with van der Waals surface area (Å²) in [5, 5.41) is 0.623. The Kier molecular flexibility index (Phi) is 6.95. The Morgan fingerprint density at radius 3 is 2.40 bits per heavy atom. The van der Waals surface area contributed by atoms with Crippen molar-refractivity contribution in [2.24, 2.45) is 0 Å². The molecule has 1 aliphatic rings. The van der Waals surface area contributed by atoms with Crippen molar-refractivity contribution in [3.63, 3.8) is 0 Å². The van der Waals surface area contributed by atoms with Gasteiger partial charge in [0.2, 0.25) is 5.91 Å². The molecule has 1 amide bonds. The van der Waals surface area contributed by atoms with E-state index in [-0.39, 0.29) is 17.9 Å². The average Bonchev–Trinajstić information content (AvgIpc) is 3.01. The second-order valence-electron chi connectivity index (χ2n) is 7.35. The van der Waals surface area contributed by atoms with Crippen molar-refractivity contribution >= 4 is 37.7 Å². The molecule has 2 aromatic heterocycles. The van der Waals surface area contributed by atoms with Crippen LogP contribution >= 0.6 is 11.3 Å². The molecule has 0 bridgehead atoms. The van der Waals surface area contributed by atoms with Crippen molar-refractivity contribution in [1.82, 2.24) is 23.5 Å². The van der Waals surface area contributed by atoms with Crippen LogP contribution in [-0.2, 0) is 21.4 Å². The largest absolute Gasteiger partial charge is 0.340 e. The summed E-state index contributed by atoms with van der Waals surface area (Å²) in [6, 6.07) is 0. The van der Waals surface area contributed by atoms with Gasteiger partial charge in [0.1, 0.15) is 10.7 Å². The molecule has 1 aliphatic heterocycles. The van der Waals surface area contributed by atoms with Crippen molar-refractivity contribution in [3.8, 4) is 0 Å². The lowest BCUT2D eigenvalue weighted by Gasteiger charge is -2.36. The first-order chi connectivity index (χ1) is 14.2. The highest BCUT2D eigenvalue weighted by Gasteiger charge is 2.32. The van der Waals surface area contributed by atoms with Gasteiger partial charge >= 0.3 is 0 Å². The van der Waals surface area contributed by atoms with Gasteiger partial charge in [0, 0.05) is 57.0 Å². The molecule has 0 radical (unpaired) electrons. The van der Waals surface area contributed by atoms with E-state index in [4.69, 9.17) is 0 Å². The monoisotopic (exact) mass is 455 g/mol. The predicted octanol–water partition coefficient (Wildman–Crippen LogP) is 1.26. The number of H-pyrrole nitrogens is 1. The van der Waals surface area contributed by atoms with E-state index in [9.17, 15) is 18.0 Å². The van der Waals surface area contributed by atoms with Crippen molar-refractivity contribution < 1.29 is 13.2 Å². The second-order valence-corrected chi connectivity index (χ2v) is 10.5. The van der Waals surface area contributed by atoms with E-state index in [1.54, 1.807) is 4.90 Å². The normalized spacial score (nSPS) is 16.0. The Balaban J connectivity index is 1.59. The number of piperazine rings is 1. The summed E-state index contributed by atoms with van der Waals surface area (Å²) in [6.45, 7) is 9.67. The molecular formula is C19H29N5O4S2. The van der Waals surface area contributed by atoms with Gasteiger partial charge in [0.05, 0.1) is 5.39 Å². The maximum atomic E-state index is 12.6. The van der Waals surface area contributed by atoms with Crippen LogP contribution in [0.3, 0.4) is 0 Å². The zero-order chi connectivity index (χ0) is 22.1. The van der Waals surface area contributed by atoms with Gasteiger partial charge in [0.15, 0.2) is 0 Å². The first kappa shape index (κ1) is 22.9. The molecule has 1 saturated heterocycles. The molecule has 0 spiro atoms. The lowest BCUT2D eigenvalue weighted by molar-refractivity contribution is -0.132.